The Kier molecular flexibility index (Phi) is 4.04. The van der Waals surface area contributed by atoms with Crippen molar-refractivity contribution in [2.24, 2.45) is 0 Å². The summed E-state index contributed by atoms with van der Waals surface area (Å²) < 4.78 is 10.4. The average molecular weight is 250 g/mol. The average Bonchev–Trinajstić information content (AvgIpc) is 2.40. The standard InChI is InChI=1S/C13H18N2O3/c1-10-9-11(3-4-12(10)17-2)14-13(16)15-5-7-18-8-6-15/h3-4,9H,5-8H2,1-2H3,(H,14,16). The van der Waals surface area contributed by atoms with E-state index in [4.69, 9.17) is 9.47 Å². The van der Waals surface area contributed by atoms with Crippen molar-refractivity contribution in [1.82, 2.24) is 4.90 Å². The smallest absolute Gasteiger partial charge is 0.321 e. The zero-order valence-electron chi connectivity index (χ0n) is 10.7. The Hall–Kier alpha value is -1.75. The molecule has 1 fully saturated rings. The molecule has 0 bridgehead atoms. The van der Waals surface area contributed by atoms with E-state index in [0.29, 0.717) is 26.3 Å². The SMILES string of the molecule is COc1ccc(NC(=O)N2CCOCC2)cc1C. The van der Waals surface area contributed by atoms with Gasteiger partial charge in [0.2, 0.25) is 0 Å². The molecule has 0 atom stereocenters. The molecule has 0 spiro atoms. The van der Waals surface area contributed by atoms with Gasteiger partial charge in [0.05, 0.1) is 20.3 Å². The molecular formula is C13H18N2O3. The molecule has 1 heterocycles. The van der Waals surface area contributed by atoms with Crippen LogP contribution in [0.25, 0.3) is 0 Å². The molecule has 1 aromatic rings. The highest BCUT2D eigenvalue weighted by Crippen LogP contribution is 2.21. The molecule has 98 valence electrons. The second-order valence-corrected chi connectivity index (χ2v) is 4.21. The van der Waals surface area contributed by atoms with Gasteiger partial charge in [-0.15, -0.1) is 0 Å². The van der Waals surface area contributed by atoms with Gasteiger partial charge in [0.25, 0.3) is 0 Å². The fourth-order valence-corrected chi connectivity index (χ4v) is 1.93. The maximum absolute atomic E-state index is 12.0. The van der Waals surface area contributed by atoms with E-state index in [1.807, 2.05) is 25.1 Å². The second-order valence-electron chi connectivity index (χ2n) is 4.21. The summed E-state index contributed by atoms with van der Waals surface area (Å²) in [7, 11) is 1.63. The van der Waals surface area contributed by atoms with Crippen molar-refractivity contribution in [3.05, 3.63) is 23.8 Å². The van der Waals surface area contributed by atoms with Crippen LogP contribution in [0.5, 0.6) is 5.75 Å². The van der Waals surface area contributed by atoms with Crippen molar-refractivity contribution in [3.63, 3.8) is 0 Å². The highest BCUT2D eigenvalue weighted by molar-refractivity contribution is 5.89. The molecule has 5 nitrogen and oxygen atoms in total. The van der Waals surface area contributed by atoms with E-state index in [9.17, 15) is 4.79 Å². The molecule has 1 aromatic carbocycles. The lowest BCUT2D eigenvalue weighted by atomic mass is 10.2. The Morgan fingerprint density at radius 3 is 2.72 bits per heavy atom. The van der Waals surface area contributed by atoms with E-state index in [2.05, 4.69) is 5.32 Å². The van der Waals surface area contributed by atoms with E-state index in [1.54, 1.807) is 12.0 Å². The first kappa shape index (κ1) is 12.7. The maximum Gasteiger partial charge on any atom is 0.321 e. The number of carbonyl (C=O) groups excluding carboxylic acids is 1. The van der Waals surface area contributed by atoms with E-state index < -0.39 is 0 Å². The van der Waals surface area contributed by atoms with Crippen LogP contribution in [-0.2, 0) is 4.74 Å². The Morgan fingerprint density at radius 1 is 1.39 bits per heavy atom. The van der Waals surface area contributed by atoms with Crippen LogP contribution >= 0.6 is 0 Å². The third kappa shape index (κ3) is 2.92. The minimum absolute atomic E-state index is 0.0807. The molecule has 0 saturated carbocycles. The van der Waals surface area contributed by atoms with E-state index in [1.165, 1.54) is 0 Å². The van der Waals surface area contributed by atoms with E-state index >= 15 is 0 Å². The highest BCUT2D eigenvalue weighted by atomic mass is 16.5. The van der Waals surface area contributed by atoms with Gasteiger partial charge >= 0.3 is 6.03 Å². The van der Waals surface area contributed by atoms with Crippen molar-refractivity contribution in [1.29, 1.82) is 0 Å². The Labute approximate surface area is 107 Å². The first-order valence-electron chi connectivity index (χ1n) is 5.99. The molecule has 1 saturated heterocycles. The van der Waals surface area contributed by atoms with E-state index in [-0.39, 0.29) is 6.03 Å². The van der Waals surface area contributed by atoms with Crippen LogP contribution in [0.2, 0.25) is 0 Å². The highest BCUT2D eigenvalue weighted by Gasteiger charge is 2.16. The third-order valence-corrected chi connectivity index (χ3v) is 2.94. The minimum Gasteiger partial charge on any atom is -0.496 e. The van der Waals surface area contributed by atoms with Crippen LogP contribution in [0, 0.1) is 6.92 Å². The van der Waals surface area contributed by atoms with Gasteiger partial charge in [0, 0.05) is 18.8 Å². The molecule has 1 aliphatic heterocycles. The number of ether oxygens (including phenoxy) is 2. The molecule has 5 heteroatoms. The summed E-state index contributed by atoms with van der Waals surface area (Å²) in [6.07, 6.45) is 0. The number of aryl methyl sites for hydroxylation is 1. The largest absolute Gasteiger partial charge is 0.496 e. The number of carbonyl (C=O) groups is 1. The lowest BCUT2D eigenvalue weighted by Gasteiger charge is -2.27. The van der Waals surface area contributed by atoms with Gasteiger partial charge in [-0.2, -0.15) is 0 Å². The van der Waals surface area contributed by atoms with Crippen LogP contribution in [0.4, 0.5) is 10.5 Å². The molecule has 2 rings (SSSR count). The zero-order valence-corrected chi connectivity index (χ0v) is 10.7. The first-order valence-corrected chi connectivity index (χ1v) is 5.99. The van der Waals surface area contributed by atoms with Gasteiger partial charge in [0.1, 0.15) is 5.75 Å². The number of amides is 2. The van der Waals surface area contributed by atoms with Crippen LogP contribution in [0.3, 0.4) is 0 Å². The summed E-state index contributed by atoms with van der Waals surface area (Å²) in [5, 5.41) is 2.88. The normalized spacial score (nSPS) is 15.3. The van der Waals surface area contributed by atoms with Crippen LogP contribution < -0.4 is 10.1 Å². The lowest BCUT2D eigenvalue weighted by molar-refractivity contribution is 0.0564. The number of hydrogen-bond donors (Lipinski definition) is 1. The minimum atomic E-state index is -0.0807. The summed E-state index contributed by atoms with van der Waals surface area (Å²) in [6.45, 7) is 4.44. The van der Waals surface area contributed by atoms with Gasteiger partial charge in [-0.05, 0) is 30.7 Å². The Bertz CT molecular complexity index is 428. The fourth-order valence-electron chi connectivity index (χ4n) is 1.93. The molecule has 2 amide bonds. The van der Waals surface area contributed by atoms with Crippen molar-refractivity contribution in [2.45, 2.75) is 6.92 Å². The molecule has 0 unspecified atom stereocenters. The molecule has 0 aromatic heterocycles. The second kappa shape index (κ2) is 5.73. The summed E-state index contributed by atoms with van der Waals surface area (Å²) in [4.78, 5) is 13.7. The topological polar surface area (TPSA) is 50.8 Å². The molecule has 1 aliphatic rings. The number of methoxy groups -OCH3 is 1. The molecule has 18 heavy (non-hydrogen) atoms. The van der Waals surface area contributed by atoms with Crippen molar-refractivity contribution >= 4 is 11.7 Å². The third-order valence-electron chi connectivity index (χ3n) is 2.94. The predicted octanol–water partition coefficient (Wildman–Crippen LogP) is 1.87. The van der Waals surface area contributed by atoms with Crippen molar-refractivity contribution < 1.29 is 14.3 Å². The maximum atomic E-state index is 12.0. The number of morpholine rings is 1. The van der Waals surface area contributed by atoms with Crippen molar-refractivity contribution in [3.8, 4) is 5.75 Å². The quantitative estimate of drug-likeness (QED) is 0.871. The van der Waals surface area contributed by atoms with Gasteiger partial charge in [0.15, 0.2) is 0 Å². The first-order chi connectivity index (χ1) is 8.70. The lowest BCUT2D eigenvalue weighted by Crippen LogP contribution is -2.43. The number of nitrogens with zero attached hydrogens (tertiary/aromatic N) is 1. The van der Waals surface area contributed by atoms with Gasteiger partial charge < -0.3 is 19.7 Å². The van der Waals surface area contributed by atoms with Crippen LogP contribution in [0.1, 0.15) is 5.56 Å². The zero-order chi connectivity index (χ0) is 13.0. The molecule has 0 radical (unpaired) electrons. The Balaban J connectivity index is 2.00. The summed E-state index contributed by atoms with van der Waals surface area (Å²) in [5.41, 5.74) is 1.78. The predicted molar refractivity (Wildman–Crippen MR) is 69.1 cm³/mol. The van der Waals surface area contributed by atoms with Gasteiger partial charge in [-0.25, -0.2) is 4.79 Å². The number of anilines is 1. The van der Waals surface area contributed by atoms with Crippen LogP contribution in [-0.4, -0.2) is 44.3 Å². The van der Waals surface area contributed by atoms with Gasteiger partial charge in [-0.3, -0.25) is 0 Å². The molecule has 1 N–H and O–H groups in total. The summed E-state index contributed by atoms with van der Waals surface area (Å²) >= 11 is 0. The van der Waals surface area contributed by atoms with Gasteiger partial charge in [-0.1, -0.05) is 0 Å². The monoisotopic (exact) mass is 250 g/mol. The number of nitrogens with one attached hydrogen (secondary N) is 1. The van der Waals surface area contributed by atoms with Crippen molar-refractivity contribution in [2.75, 3.05) is 38.7 Å². The van der Waals surface area contributed by atoms with Crippen LogP contribution in [0.15, 0.2) is 18.2 Å². The molecule has 0 aliphatic carbocycles. The number of hydrogen-bond acceptors (Lipinski definition) is 3. The summed E-state index contributed by atoms with van der Waals surface area (Å²) in [6, 6.07) is 5.51. The fraction of sp³-hybridized carbons (Fsp3) is 0.462. The summed E-state index contributed by atoms with van der Waals surface area (Å²) in [5.74, 6) is 0.819. The Morgan fingerprint density at radius 2 is 2.11 bits per heavy atom. The number of rotatable bonds is 2. The molecular weight excluding hydrogens is 232 g/mol. The number of urea groups is 1. The van der Waals surface area contributed by atoms with E-state index in [0.717, 1.165) is 17.0 Å². The number of benzene rings is 1.